The highest BCUT2D eigenvalue weighted by Crippen LogP contribution is 2.21. The van der Waals surface area contributed by atoms with Crippen LogP contribution >= 0.6 is 23.2 Å². The Morgan fingerprint density at radius 2 is 2.00 bits per heavy atom. The zero-order valence-corrected chi connectivity index (χ0v) is 10.3. The van der Waals surface area contributed by atoms with E-state index >= 15 is 0 Å². The van der Waals surface area contributed by atoms with Crippen molar-refractivity contribution < 1.29 is 13.9 Å². The minimum atomic E-state index is -0.757. The van der Waals surface area contributed by atoms with Gasteiger partial charge in [0.1, 0.15) is 5.15 Å². The van der Waals surface area contributed by atoms with Gasteiger partial charge in [0.05, 0.1) is 18.8 Å². The molecule has 17 heavy (non-hydrogen) atoms. The van der Waals surface area contributed by atoms with Gasteiger partial charge >= 0.3 is 0 Å². The standard InChI is InChI=1S/C10H9Cl2FN2O2/c11-8-6(5-7(13)9(12)14-8)10(16)15-1-3-17-4-2-15/h5H,1-4H2. The zero-order valence-electron chi connectivity index (χ0n) is 8.75. The SMILES string of the molecule is O=C(c1cc(F)c(Cl)nc1Cl)N1CCOCC1. The molecule has 2 heterocycles. The number of pyridine rings is 1. The molecule has 0 radical (unpaired) electrons. The van der Waals surface area contributed by atoms with Gasteiger partial charge in [0.2, 0.25) is 0 Å². The fraction of sp³-hybridized carbons (Fsp3) is 0.400. The van der Waals surface area contributed by atoms with E-state index < -0.39 is 5.82 Å². The molecule has 1 saturated heterocycles. The van der Waals surface area contributed by atoms with Crippen LogP contribution in [-0.2, 0) is 4.74 Å². The van der Waals surface area contributed by atoms with Crippen molar-refractivity contribution in [1.82, 2.24) is 9.88 Å². The molecule has 0 atom stereocenters. The largest absolute Gasteiger partial charge is 0.378 e. The molecule has 0 aromatic carbocycles. The lowest BCUT2D eigenvalue weighted by Crippen LogP contribution is -2.40. The summed E-state index contributed by atoms with van der Waals surface area (Å²) in [6, 6.07) is 1.01. The van der Waals surface area contributed by atoms with Crippen LogP contribution in [0.2, 0.25) is 10.3 Å². The van der Waals surface area contributed by atoms with Crippen molar-refractivity contribution in [2.24, 2.45) is 0 Å². The molecule has 1 aromatic heterocycles. The van der Waals surface area contributed by atoms with Crippen molar-refractivity contribution in [2.45, 2.75) is 0 Å². The van der Waals surface area contributed by atoms with E-state index in [0.717, 1.165) is 6.07 Å². The molecule has 1 aromatic rings. The zero-order chi connectivity index (χ0) is 12.4. The Balaban J connectivity index is 2.26. The molecule has 0 unspecified atom stereocenters. The Hall–Kier alpha value is -0.910. The van der Waals surface area contributed by atoms with Crippen LogP contribution < -0.4 is 0 Å². The molecule has 0 bridgehead atoms. The highest BCUT2D eigenvalue weighted by Gasteiger charge is 2.22. The minimum absolute atomic E-state index is 0.0236. The summed E-state index contributed by atoms with van der Waals surface area (Å²) >= 11 is 11.2. The van der Waals surface area contributed by atoms with Crippen LogP contribution in [0.4, 0.5) is 4.39 Å². The molecular weight excluding hydrogens is 270 g/mol. The van der Waals surface area contributed by atoms with E-state index in [4.69, 9.17) is 27.9 Å². The fourth-order valence-electron chi connectivity index (χ4n) is 1.53. The number of rotatable bonds is 1. The summed E-state index contributed by atoms with van der Waals surface area (Å²) in [6.45, 7) is 1.85. The number of hydrogen-bond donors (Lipinski definition) is 0. The van der Waals surface area contributed by atoms with Gasteiger partial charge in [0.15, 0.2) is 11.0 Å². The van der Waals surface area contributed by atoms with Crippen molar-refractivity contribution in [2.75, 3.05) is 26.3 Å². The number of carbonyl (C=O) groups is 1. The van der Waals surface area contributed by atoms with Crippen molar-refractivity contribution in [3.05, 3.63) is 27.8 Å². The van der Waals surface area contributed by atoms with Gasteiger partial charge in [-0.3, -0.25) is 4.79 Å². The molecule has 2 rings (SSSR count). The van der Waals surface area contributed by atoms with E-state index in [1.807, 2.05) is 0 Å². The Morgan fingerprint density at radius 3 is 2.65 bits per heavy atom. The second kappa shape index (κ2) is 5.16. The third-order valence-corrected chi connectivity index (χ3v) is 2.97. The first-order valence-electron chi connectivity index (χ1n) is 4.98. The molecule has 7 heteroatoms. The van der Waals surface area contributed by atoms with Crippen LogP contribution in [0.25, 0.3) is 0 Å². The van der Waals surface area contributed by atoms with Crippen molar-refractivity contribution in [1.29, 1.82) is 0 Å². The monoisotopic (exact) mass is 278 g/mol. The van der Waals surface area contributed by atoms with Crippen LogP contribution in [0.15, 0.2) is 6.07 Å². The van der Waals surface area contributed by atoms with E-state index in [0.29, 0.717) is 26.3 Å². The van der Waals surface area contributed by atoms with Gasteiger partial charge in [-0.25, -0.2) is 9.37 Å². The van der Waals surface area contributed by atoms with Crippen LogP contribution in [0.3, 0.4) is 0 Å². The first-order valence-corrected chi connectivity index (χ1v) is 5.73. The van der Waals surface area contributed by atoms with Gasteiger partial charge < -0.3 is 9.64 Å². The summed E-state index contributed by atoms with van der Waals surface area (Å²) in [5.74, 6) is -1.12. The van der Waals surface area contributed by atoms with Gasteiger partial charge in [-0.1, -0.05) is 23.2 Å². The summed E-state index contributed by atoms with van der Waals surface area (Å²) < 4.78 is 18.4. The van der Waals surface area contributed by atoms with Gasteiger partial charge in [-0.2, -0.15) is 0 Å². The fourth-order valence-corrected chi connectivity index (χ4v) is 1.93. The van der Waals surface area contributed by atoms with Crippen LogP contribution in [0.5, 0.6) is 0 Å². The van der Waals surface area contributed by atoms with Gasteiger partial charge in [0, 0.05) is 13.1 Å². The quantitative estimate of drug-likeness (QED) is 0.738. The molecule has 92 valence electrons. The predicted octanol–water partition coefficient (Wildman–Crippen LogP) is 2.00. The number of carbonyl (C=O) groups excluding carboxylic acids is 1. The topological polar surface area (TPSA) is 42.4 Å². The van der Waals surface area contributed by atoms with E-state index in [1.165, 1.54) is 0 Å². The van der Waals surface area contributed by atoms with Gasteiger partial charge in [0.25, 0.3) is 5.91 Å². The predicted molar refractivity (Wildman–Crippen MR) is 60.9 cm³/mol. The number of hydrogen-bond acceptors (Lipinski definition) is 3. The smallest absolute Gasteiger partial charge is 0.257 e. The normalized spacial score (nSPS) is 16.1. The van der Waals surface area contributed by atoms with Gasteiger partial charge in [-0.05, 0) is 6.07 Å². The maximum atomic E-state index is 13.2. The number of amides is 1. The summed E-state index contributed by atoms with van der Waals surface area (Å²) in [6.07, 6.45) is 0. The Kier molecular flexibility index (Phi) is 3.81. The van der Waals surface area contributed by atoms with Crippen molar-refractivity contribution in [3.63, 3.8) is 0 Å². The third kappa shape index (κ3) is 2.68. The second-order valence-electron chi connectivity index (χ2n) is 3.50. The Bertz CT molecular complexity index is 450. The van der Waals surface area contributed by atoms with Crippen molar-refractivity contribution in [3.8, 4) is 0 Å². The summed E-state index contributed by atoms with van der Waals surface area (Å²) in [5.41, 5.74) is 0.0236. The van der Waals surface area contributed by atoms with E-state index in [9.17, 15) is 9.18 Å². The lowest BCUT2D eigenvalue weighted by Gasteiger charge is -2.27. The third-order valence-electron chi connectivity index (χ3n) is 2.42. The molecule has 0 N–H and O–H groups in total. The average molecular weight is 279 g/mol. The number of ether oxygens (including phenoxy) is 1. The van der Waals surface area contributed by atoms with Crippen LogP contribution in [0.1, 0.15) is 10.4 Å². The number of aromatic nitrogens is 1. The molecule has 1 aliphatic heterocycles. The molecule has 1 aliphatic rings. The maximum Gasteiger partial charge on any atom is 0.257 e. The highest BCUT2D eigenvalue weighted by molar-refractivity contribution is 6.34. The highest BCUT2D eigenvalue weighted by atomic mass is 35.5. The summed E-state index contributed by atoms with van der Waals surface area (Å²) in [4.78, 5) is 17.1. The number of halogens is 3. The Labute approximate surface area is 107 Å². The summed E-state index contributed by atoms with van der Waals surface area (Å²) in [5, 5.41) is -0.429. The minimum Gasteiger partial charge on any atom is -0.378 e. The summed E-state index contributed by atoms with van der Waals surface area (Å²) in [7, 11) is 0. The van der Waals surface area contributed by atoms with E-state index in [1.54, 1.807) is 4.90 Å². The molecule has 4 nitrogen and oxygen atoms in total. The average Bonchev–Trinajstić information content (AvgIpc) is 2.34. The number of morpholine rings is 1. The van der Waals surface area contributed by atoms with Gasteiger partial charge in [-0.15, -0.1) is 0 Å². The van der Waals surface area contributed by atoms with Crippen LogP contribution in [0, 0.1) is 5.82 Å². The molecule has 0 saturated carbocycles. The van der Waals surface area contributed by atoms with E-state index in [-0.39, 0.29) is 21.8 Å². The first kappa shape index (κ1) is 12.5. The van der Waals surface area contributed by atoms with Crippen molar-refractivity contribution >= 4 is 29.1 Å². The number of nitrogens with zero attached hydrogens (tertiary/aromatic N) is 2. The molecule has 1 amide bonds. The lowest BCUT2D eigenvalue weighted by atomic mass is 10.2. The molecular formula is C10H9Cl2FN2O2. The lowest BCUT2D eigenvalue weighted by molar-refractivity contribution is 0.0302. The van der Waals surface area contributed by atoms with Crippen LogP contribution in [-0.4, -0.2) is 42.1 Å². The second-order valence-corrected chi connectivity index (χ2v) is 4.22. The van der Waals surface area contributed by atoms with E-state index in [2.05, 4.69) is 4.98 Å². The maximum absolute atomic E-state index is 13.2. The molecule has 0 spiro atoms. The molecule has 0 aliphatic carbocycles. The Morgan fingerprint density at radius 1 is 1.35 bits per heavy atom. The first-order chi connectivity index (χ1) is 8.09. The molecule has 1 fully saturated rings.